The van der Waals surface area contributed by atoms with Crippen molar-refractivity contribution in [1.29, 1.82) is 0 Å². The minimum atomic E-state index is -0.414. The number of hydrogen-bond acceptors (Lipinski definition) is 5. The Labute approximate surface area is 184 Å². The van der Waals surface area contributed by atoms with Crippen LogP contribution in [0, 0.1) is 5.92 Å². The van der Waals surface area contributed by atoms with Crippen LogP contribution in [-0.4, -0.2) is 24.0 Å². The number of rotatable bonds is 5. The molecule has 0 amide bonds. The predicted octanol–water partition coefficient (Wildman–Crippen LogP) is 5.17. The molecule has 4 rings (SSSR count). The zero-order chi connectivity index (χ0) is 22.0. The van der Waals surface area contributed by atoms with Gasteiger partial charge in [-0.2, -0.15) is 0 Å². The van der Waals surface area contributed by atoms with Crippen molar-refractivity contribution in [2.75, 3.05) is 0 Å². The monoisotopic (exact) mass is 423 g/mol. The molecule has 31 heavy (non-hydrogen) atoms. The van der Waals surface area contributed by atoms with Crippen LogP contribution in [-0.2, 0) is 14.3 Å². The summed E-state index contributed by atoms with van der Waals surface area (Å²) >= 11 is 0. The summed E-state index contributed by atoms with van der Waals surface area (Å²) in [6.07, 6.45) is 8.47. The predicted molar refractivity (Wildman–Crippen MR) is 120 cm³/mol. The van der Waals surface area contributed by atoms with Crippen molar-refractivity contribution in [3.8, 4) is 5.75 Å². The first kappa shape index (κ1) is 21.7. The number of esters is 1. The number of carbonyl (C=O) groups excluding carboxylic acids is 2. The number of ketones is 1. The number of benzene rings is 1. The molecule has 1 fully saturated rings. The Morgan fingerprint density at radius 3 is 2.58 bits per heavy atom. The topological polar surface area (TPSA) is 64.6 Å². The standard InChI is InChI=1S/C26H33NO4/c1-16(2)30-22-15-8-7-12-19(22)24-23(26(29)31-18-10-5-4-6-11-18)17(3)27-20-13-9-14-21(28)25(20)24/h7-8,12-13,15-16,18,24-25,27H,4-6,9-11,14H2,1-3H3. The molecule has 1 aromatic carbocycles. The first-order valence-corrected chi connectivity index (χ1v) is 11.6. The van der Waals surface area contributed by atoms with Crippen LogP contribution in [0.4, 0.5) is 0 Å². The summed E-state index contributed by atoms with van der Waals surface area (Å²) in [7, 11) is 0. The smallest absolute Gasteiger partial charge is 0.336 e. The largest absolute Gasteiger partial charge is 0.491 e. The van der Waals surface area contributed by atoms with E-state index in [0.29, 0.717) is 12.0 Å². The van der Waals surface area contributed by atoms with E-state index in [4.69, 9.17) is 9.47 Å². The number of nitrogens with one attached hydrogen (secondary N) is 1. The van der Waals surface area contributed by atoms with E-state index in [9.17, 15) is 9.59 Å². The van der Waals surface area contributed by atoms with Gasteiger partial charge in [-0.25, -0.2) is 4.79 Å². The van der Waals surface area contributed by atoms with E-state index in [1.54, 1.807) is 0 Å². The summed E-state index contributed by atoms with van der Waals surface area (Å²) in [5.41, 5.74) is 3.09. The van der Waals surface area contributed by atoms with Crippen LogP contribution >= 0.6 is 0 Å². The molecule has 0 saturated heterocycles. The minimum Gasteiger partial charge on any atom is -0.491 e. The molecule has 1 N–H and O–H groups in total. The van der Waals surface area contributed by atoms with Gasteiger partial charge in [-0.3, -0.25) is 4.79 Å². The van der Waals surface area contributed by atoms with Gasteiger partial charge in [0.2, 0.25) is 0 Å². The van der Waals surface area contributed by atoms with Crippen LogP contribution < -0.4 is 10.1 Å². The highest BCUT2D eigenvalue weighted by Gasteiger charge is 2.44. The van der Waals surface area contributed by atoms with Crippen LogP contribution in [0.15, 0.2) is 47.3 Å². The van der Waals surface area contributed by atoms with Gasteiger partial charge in [0.05, 0.1) is 17.6 Å². The molecule has 1 aromatic rings. The van der Waals surface area contributed by atoms with Crippen LogP contribution in [0.3, 0.4) is 0 Å². The lowest BCUT2D eigenvalue weighted by molar-refractivity contribution is -0.146. The van der Waals surface area contributed by atoms with E-state index < -0.39 is 11.8 Å². The van der Waals surface area contributed by atoms with Crippen molar-refractivity contribution < 1.29 is 19.1 Å². The first-order chi connectivity index (χ1) is 15.0. The first-order valence-electron chi connectivity index (χ1n) is 11.6. The molecule has 2 atom stereocenters. The van der Waals surface area contributed by atoms with E-state index in [1.165, 1.54) is 6.42 Å². The van der Waals surface area contributed by atoms with Crippen molar-refractivity contribution in [2.45, 2.75) is 83.8 Å². The molecule has 0 radical (unpaired) electrons. The molecule has 1 heterocycles. The minimum absolute atomic E-state index is 0.0114. The second-order valence-electron chi connectivity index (χ2n) is 9.15. The molecule has 0 aromatic heterocycles. The second-order valence-corrected chi connectivity index (χ2v) is 9.15. The van der Waals surface area contributed by atoms with Crippen molar-refractivity contribution in [3.63, 3.8) is 0 Å². The Morgan fingerprint density at radius 2 is 1.84 bits per heavy atom. The van der Waals surface area contributed by atoms with Crippen LogP contribution in [0.5, 0.6) is 5.75 Å². The molecule has 2 unspecified atom stereocenters. The summed E-state index contributed by atoms with van der Waals surface area (Å²) in [5.74, 6) is -0.254. The highest BCUT2D eigenvalue weighted by molar-refractivity contribution is 5.96. The Morgan fingerprint density at radius 1 is 1.10 bits per heavy atom. The molecular weight excluding hydrogens is 390 g/mol. The molecule has 0 spiro atoms. The molecule has 3 aliphatic rings. The molecule has 1 saturated carbocycles. The lowest BCUT2D eigenvalue weighted by Gasteiger charge is -2.39. The molecule has 2 aliphatic carbocycles. The van der Waals surface area contributed by atoms with Crippen molar-refractivity contribution in [1.82, 2.24) is 5.32 Å². The van der Waals surface area contributed by atoms with E-state index in [1.807, 2.05) is 45.0 Å². The quantitative estimate of drug-likeness (QED) is 0.662. The fourth-order valence-electron chi connectivity index (χ4n) is 5.12. The highest BCUT2D eigenvalue weighted by atomic mass is 16.5. The number of carbonyl (C=O) groups is 2. The average Bonchev–Trinajstić information content (AvgIpc) is 2.73. The van der Waals surface area contributed by atoms with Gasteiger partial charge in [0.1, 0.15) is 17.6 Å². The molecule has 1 aliphatic heterocycles. The van der Waals surface area contributed by atoms with Crippen molar-refractivity contribution in [3.05, 3.63) is 52.9 Å². The van der Waals surface area contributed by atoms with E-state index in [0.717, 1.165) is 54.8 Å². The lowest BCUT2D eigenvalue weighted by atomic mass is 9.70. The Balaban J connectivity index is 1.77. The summed E-state index contributed by atoms with van der Waals surface area (Å²) in [6.45, 7) is 5.87. The highest BCUT2D eigenvalue weighted by Crippen LogP contribution is 2.46. The van der Waals surface area contributed by atoms with E-state index >= 15 is 0 Å². The maximum Gasteiger partial charge on any atom is 0.336 e. The van der Waals surface area contributed by atoms with E-state index in [2.05, 4.69) is 11.4 Å². The van der Waals surface area contributed by atoms with Gasteiger partial charge in [-0.05, 0) is 58.9 Å². The Bertz CT molecular complexity index is 908. The summed E-state index contributed by atoms with van der Waals surface area (Å²) in [5, 5.41) is 3.36. The van der Waals surface area contributed by atoms with Gasteiger partial charge < -0.3 is 14.8 Å². The fourth-order valence-corrected chi connectivity index (χ4v) is 5.12. The summed E-state index contributed by atoms with van der Waals surface area (Å²) < 4.78 is 12.1. The van der Waals surface area contributed by atoms with Gasteiger partial charge in [0, 0.05) is 29.3 Å². The Hall–Kier alpha value is -2.56. The van der Waals surface area contributed by atoms with Gasteiger partial charge in [-0.1, -0.05) is 30.7 Å². The van der Waals surface area contributed by atoms with Crippen LogP contribution in [0.25, 0.3) is 0 Å². The molecule has 5 nitrogen and oxygen atoms in total. The van der Waals surface area contributed by atoms with Crippen LogP contribution in [0.2, 0.25) is 0 Å². The third-order valence-corrected chi connectivity index (χ3v) is 6.48. The lowest BCUT2D eigenvalue weighted by Crippen LogP contribution is -2.41. The van der Waals surface area contributed by atoms with Crippen LogP contribution in [0.1, 0.15) is 77.2 Å². The number of allylic oxidation sites excluding steroid dienone is 3. The molecular formula is C26H33NO4. The fraction of sp³-hybridized carbons (Fsp3) is 0.538. The third-order valence-electron chi connectivity index (χ3n) is 6.48. The number of fused-ring (bicyclic) bond motifs is 1. The van der Waals surface area contributed by atoms with Gasteiger partial charge in [0.25, 0.3) is 0 Å². The number of hydrogen-bond donors (Lipinski definition) is 1. The molecule has 0 bridgehead atoms. The number of para-hydroxylation sites is 1. The SMILES string of the molecule is CC1=C(C(=O)OC2CCCCC2)C(c2ccccc2OC(C)C)C2C(=O)CCC=C2N1. The van der Waals surface area contributed by atoms with E-state index in [-0.39, 0.29) is 24.0 Å². The maximum absolute atomic E-state index is 13.5. The van der Waals surface area contributed by atoms with Crippen molar-refractivity contribution in [2.24, 2.45) is 5.92 Å². The second kappa shape index (κ2) is 9.29. The van der Waals surface area contributed by atoms with Gasteiger partial charge in [-0.15, -0.1) is 0 Å². The molecule has 166 valence electrons. The third kappa shape index (κ3) is 4.56. The average molecular weight is 424 g/mol. The Kier molecular flexibility index (Phi) is 6.49. The van der Waals surface area contributed by atoms with Gasteiger partial charge >= 0.3 is 5.97 Å². The van der Waals surface area contributed by atoms with Gasteiger partial charge in [0.15, 0.2) is 0 Å². The summed E-state index contributed by atoms with van der Waals surface area (Å²) in [4.78, 5) is 26.6. The number of ether oxygens (including phenoxy) is 2. The zero-order valence-corrected chi connectivity index (χ0v) is 18.8. The van der Waals surface area contributed by atoms with Crippen molar-refractivity contribution >= 4 is 11.8 Å². The zero-order valence-electron chi connectivity index (χ0n) is 18.8. The normalized spacial score (nSPS) is 24.4. The molecule has 5 heteroatoms. The number of Topliss-reactive ketones (excluding diaryl/α,β-unsaturated/α-hetero) is 1. The maximum atomic E-state index is 13.5. The summed E-state index contributed by atoms with van der Waals surface area (Å²) in [6, 6.07) is 7.78.